The minimum atomic E-state index is -4.52. The molecule has 3 aromatic heterocycles. The molecule has 0 fully saturated rings. The molecule has 26 heavy (non-hydrogen) atoms. The third kappa shape index (κ3) is 2.65. The van der Waals surface area contributed by atoms with Gasteiger partial charge in [0.15, 0.2) is 5.82 Å². The lowest BCUT2D eigenvalue weighted by Crippen LogP contribution is -2.14. The molecule has 0 saturated heterocycles. The molecule has 0 spiro atoms. The van der Waals surface area contributed by atoms with Gasteiger partial charge in [-0.1, -0.05) is 6.07 Å². The molecule has 4 rings (SSSR count). The molecule has 3 heterocycles. The Hall–Kier alpha value is -3.08. The van der Waals surface area contributed by atoms with Crippen LogP contribution in [0.15, 0.2) is 53.9 Å². The SMILES string of the molecule is O=S(=O)(Nc1ncnn2cccc12)c1c[nH]c2cc(C(F)(F)F)ccc12. The fourth-order valence-corrected chi connectivity index (χ4v) is 3.83. The molecule has 11 heteroatoms. The summed E-state index contributed by atoms with van der Waals surface area (Å²) in [6.07, 6.45) is -0.559. The van der Waals surface area contributed by atoms with Crippen LogP contribution in [0.2, 0.25) is 0 Å². The van der Waals surface area contributed by atoms with Crippen LogP contribution in [0.4, 0.5) is 19.0 Å². The summed E-state index contributed by atoms with van der Waals surface area (Å²) in [5.74, 6) is 0.0614. The number of nitrogens with one attached hydrogen (secondary N) is 2. The lowest BCUT2D eigenvalue weighted by molar-refractivity contribution is -0.137. The topological polar surface area (TPSA) is 92.2 Å². The molecular weight excluding hydrogens is 371 g/mol. The van der Waals surface area contributed by atoms with Crippen LogP contribution in [0.1, 0.15) is 5.56 Å². The zero-order valence-electron chi connectivity index (χ0n) is 12.8. The van der Waals surface area contributed by atoms with E-state index in [0.717, 1.165) is 24.4 Å². The van der Waals surface area contributed by atoms with Crippen molar-refractivity contribution in [3.8, 4) is 0 Å². The van der Waals surface area contributed by atoms with Gasteiger partial charge in [-0.05, 0) is 24.3 Å². The Labute approximate surface area is 144 Å². The van der Waals surface area contributed by atoms with Crippen molar-refractivity contribution in [3.05, 3.63) is 54.6 Å². The van der Waals surface area contributed by atoms with Crippen molar-refractivity contribution >= 4 is 32.3 Å². The number of sulfonamides is 1. The Morgan fingerprint density at radius 3 is 2.77 bits per heavy atom. The van der Waals surface area contributed by atoms with E-state index < -0.39 is 21.8 Å². The van der Waals surface area contributed by atoms with E-state index >= 15 is 0 Å². The number of hydrogen-bond acceptors (Lipinski definition) is 4. The second-order valence-electron chi connectivity index (χ2n) is 5.46. The summed E-state index contributed by atoms with van der Waals surface area (Å²) in [5.41, 5.74) is -0.361. The van der Waals surface area contributed by atoms with Crippen LogP contribution in [0.3, 0.4) is 0 Å². The molecule has 0 aliphatic heterocycles. The van der Waals surface area contributed by atoms with E-state index in [1.54, 1.807) is 18.3 Å². The first-order valence-corrected chi connectivity index (χ1v) is 8.73. The zero-order chi connectivity index (χ0) is 18.5. The van der Waals surface area contributed by atoms with Gasteiger partial charge in [-0.25, -0.2) is 17.9 Å². The van der Waals surface area contributed by atoms with E-state index in [0.29, 0.717) is 5.52 Å². The summed E-state index contributed by atoms with van der Waals surface area (Å²) in [4.78, 5) is 6.31. The van der Waals surface area contributed by atoms with E-state index in [1.165, 1.54) is 10.8 Å². The average molecular weight is 381 g/mol. The van der Waals surface area contributed by atoms with Crippen LogP contribution < -0.4 is 4.72 Å². The van der Waals surface area contributed by atoms with Crippen LogP contribution in [-0.4, -0.2) is 28.0 Å². The Balaban J connectivity index is 1.78. The first-order chi connectivity index (χ1) is 12.3. The van der Waals surface area contributed by atoms with Gasteiger partial charge in [-0.2, -0.15) is 18.3 Å². The first kappa shape index (κ1) is 16.4. The van der Waals surface area contributed by atoms with E-state index in [9.17, 15) is 21.6 Å². The Bertz CT molecular complexity index is 1230. The molecule has 0 saturated carbocycles. The monoisotopic (exact) mass is 381 g/mol. The minimum absolute atomic E-state index is 0.0614. The fourth-order valence-electron chi connectivity index (χ4n) is 2.62. The average Bonchev–Trinajstić information content (AvgIpc) is 3.20. The third-order valence-electron chi connectivity index (χ3n) is 3.83. The molecule has 134 valence electrons. The summed E-state index contributed by atoms with van der Waals surface area (Å²) < 4.78 is 67.6. The maximum Gasteiger partial charge on any atom is 0.416 e. The highest BCUT2D eigenvalue weighted by molar-refractivity contribution is 7.93. The van der Waals surface area contributed by atoms with Crippen molar-refractivity contribution in [1.82, 2.24) is 19.6 Å². The van der Waals surface area contributed by atoms with Gasteiger partial charge >= 0.3 is 6.18 Å². The van der Waals surface area contributed by atoms with Gasteiger partial charge in [0, 0.05) is 23.3 Å². The number of hydrogen-bond donors (Lipinski definition) is 2. The smallest absolute Gasteiger partial charge is 0.360 e. The van der Waals surface area contributed by atoms with Crippen LogP contribution in [0, 0.1) is 0 Å². The molecular formula is C15H10F3N5O2S. The Kier molecular flexibility index (Phi) is 3.44. The number of nitrogens with zero attached hydrogens (tertiary/aromatic N) is 3. The summed E-state index contributed by atoms with van der Waals surface area (Å²) in [7, 11) is -4.08. The van der Waals surface area contributed by atoms with Crippen LogP contribution in [0.25, 0.3) is 16.4 Å². The van der Waals surface area contributed by atoms with Crippen molar-refractivity contribution in [2.24, 2.45) is 0 Å². The van der Waals surface area contributed by atoms with Crippen molar-refractivity contribution in [3.63, 3.8) is 0 Å². The van der Waals surface area contributed by atoms with Gasteiger partial charge in [0.25, 0.3) is 10.0 Å². The van der Waals surface area contributed by atoms with E-state index in [1.807, 2.05) is 0 Å². The highest BCUT2D eigenvalue weighted by Gasteiger charge is 2.31. The standard InChI is InChI=1S/C15H10F3N5O2S/c16-15(17,18)9-3-4-10-11(6-9)19-7-13(10)26(24,25)22-14-12-2-1-5-23(12)21-8-20-14/h1-8,19H,(H,20,21,22). The van der Waals surface area contributed by atoms with Gasteiger partial charge in [0.1, 0.15) is 16.7 Å². The van der Waals surface area contributed by atoms with E-state index in [-0.39, 0.29) is 21.6 Å². The lowest BCUT2D eigenvalue weighted by atomic mass is 10.1. The number of aromatic amines is 1. The van der Waals surface area contributed by atoms with Crippen LogP contribution in [-0.2, 0) is 16.2 Å². The van der Waals surface area contributed by atoms with Gasteiger partial charge in [0.05, 0.1) is 5.56 Å². The maximum absolute atomic E-state index is 12.8. The minimum Gasteiger partial charge on any atom is -0.360 e. The number of rotatable bonds is 3. The zero-order valence-corrected chi connectivity index (χ0v) is 13.6. The molecule has 0 bridgehead atoms. The number of H-pyrrole nitrogens is 1. The van der Waals surface area contributed by atoms with E-state index in [2.05, 4.69) is 19.8 Å². The number of benzene rings is 1. The van der Waals surface area contributed by atoms with E-state index in [4.69, 9.17) is 0 Å². The number of anilines is 1. The predicted octanol–water partition coefficient (Wildman–Crippen LogP) is 3.03. The molecule has 0 unspecified atom stereocenters. The van der Waals surface area contributed by atoms with Crippen molar-refractivity contribution in [2.45, 2.75) is 11.1 Å². The third-order valence-corrected chi connectivity index (χ3v) is 5.20. The fraction of sp³-hybridized carbons (Fsp3) is 0.0667. The molecule has 2 N–H and O–H groups in total. The quantitative estimate of drug-likeness (QED) is 0.571. The summed E-state index contributed by atoms with van der Waals surface area (Å²) in [6, 6.07) is 6.13. The van der Waals surface area contributed by atoms with Gasteiger partial charge in [0.2, 0.25) is 0 Å². The second kappa shape index (κ2) is 5.46. The normalized spacial score (nSPS) is 12.7. The van der Waals surface area contributed by atoms with Crippen LogP contribution >= 0.6 is 0 Å². The maximum atomic E-state index is 12.8. The molecule has 0 aliphatic carbocycles. The first-order valence-electron chi connectivity index (χ1n) is 7.25. The second-order valence-corrected chi connectivity index (χ2v) is 7.11. The number of halogens is 3. The van der Waals surface area contributed by atoms with Gasteiger partial charge in [-0.15, -0.1) is 0 Å². The largest absolute Gasteiger partial charge is 0.416 e. The molecule has 0 aliphatic rings. The Morgan fingerprint density at radius 1 is 1.19 bits per heavy atom. The molecule has 0 atom stereocenters. The highest BCUT2D eigenvalue weighted by Crippen LogP contribution is 2.33. The molecule has 1 aromatic carbocycles. The summed E-state index contributed by atoms with van der Waals surface area (Å²) in [5, 5.41) is 4.08. The summed E-state index contributed by atoms with van der Waals surface area (Å²) in [6.45, 7) is 0. The van der Waals surface area contributed by atoms with Crippen molar-refractivity contribution < 1.29 is 21.6 Å². The van der Waals surface area contributed by atoms with Crippen LogP contribution in [0.5, 0.6) is 0 Å². The van der Waals surface area contributed by atoms with Gasteiger partial charge in [-0.3, -0.25) is 4.72 Å². The number of alkyl halides is 3. The molecule has 0 radical (unpaired) electrons. The summed E-state index contributed by atoms with van der Waals surface area (Å²) >= 11 is 0. The van der Waals surface area contributed by atoms with Gasteiger partial charge < -0.3 is 4.98 Å². The number of fused-ring (bicyclic) bond motifs is 2. The molecule has 7 nitrogen and oxygen atoms in total. The molecule has 4 aromatic rings. The highest BCUT2D eigenvalue weighted by atomic mass is 32.2. The number of aromatic nitrogens is 4. The van der Waals surface area contributed by atoms with Crippen molar-refractivity contribution in [2.75, 3.05) is 4.72 Å². The lowest BCUT2D eigenvalue weighted by Gasteiger charge is -2.08. The molecule has 0 amide bonds. The Morgan fingerprint density at radius 2 is 2.00 bits per heavy atom. The predicted molar refractivity (Wildman–Crippen MR) is 87.1 cm³/mol. The van der Waals surface area contributed by atoms with Crippen molar-refractivity contribution in [1.29, 1.82) is 0 Å².